The summed E-state index contributed by atoms with van der Waals surface area (Å²) >= 11 is 5.81. The van der Waals surface area contributed by atoms with Gasteiger partial charge in [-0.1, -0.05) is 29.8 Å². The number of esters is 1. The van der Waals surface area contributed by atoms with E-state index in [1.54, 1.807) is 36.4 Å². The second-order valence-corrected chi connectivity index (χ2v) is 8.24. The largest absolute Gasteiger partial charge is 0.464 e. The van der Waals surface area contributed by atoms with E-state index < -0.39 is 16.0 Å². The van der Waals surface area contributed by atoms with Crippen LogP contribution in [0.2, 0.25) is 5.15 Å². The van der Waals surface area contributed by atoms with E-state index >= 15 is 0 Å². The number of aromatic nitrogens is 5. The molecule has 3 aromatic heterocycles. The Morgan fingerprint density at radius 2 is 1.77 bits per heavy atom. The van der Waals surface area contributed by atoms with Crippen LogP contribution in [0, 0.1) is 0 Å². The number of rotatable bonds is 5. The van der Waals surface area contributed by atoms with Crippen LogP contribution >= 0.6 is 11.6 Å². The Labute approximate surface area is 176 Å². The fraction of sp³-hybridized carbons (Fsp3) is 0.0526. The predicted octanol–water partition coefficient (Wildman–Crippen LogP) is 2.81. The van der Waals surface area contributed by atoms with E-state index in [1.165, 1.54) is 42.3 Å². The summed E-state index contributed by atoms with van der Waals surface area (Å²) in [7, 11) is -2.67. The summed E-state index contributed by atoms with van der Waals surface area (Å²) in [5.74, 6) is -0.435. The van der Waals surface area contributed by atoms with Gasteiger partial charge in [0.2, 0.25) is 0 Å². The van der Waals surface area contributed by atoms with Gasteiger partial charge in [-0.2, -0.15) is 5.10 Å². The molecule has 11 heteroatoms. The van der Waals surface area contributed by atoms with Crippen LogP contribution in [0.5, 0.6) is 0 Å². The molecule has 0 aliphatic heterocycles. The first-order valence-electron chi connectivity index (χ1n) is 8.58. The van der Waals surface area contributed by atoms with Gasteiger partial charge in [-0.25, -0.2) is 21.9 Å². The lowest BCUT2D eigenvalue weighted by Crippen LogP contribution is -2.14. The number of benzene rings is 1. The molecule has 0 N–H and O–H groups in total. The Hall–Kier alpha value is -3.50. The van der Waals surface area contributed by atoms with E-state index in [-0.39, 0.29) is 27.3 Å². The maximum absolute atomic E-state index is 13.2. The first-order valence-corrected chi connectivity index (χ1v) is 10.4. The topological polar surface area (TPSA) is 109 Å². The molecule has 0 radical (unpaired) electrons. The lowest BCUT2D eigenvalue weighted by molar-refractivity contribution is 0.0593. The van der Waals surface area contributed by atoms with Crippen molar-refractivity contribution < 1.29 is 17.9 Å². The molecular weight excluding hydrogens is 430 g/mol. The van der Waals surface area contributed by atoms with Crippen molar-refractivity contribution in [3.63, 3.8) is 0 Å². The van der Waals surface area contributed by atoms with Gasteiger partial charge in [-0.15, -0.1) is 10.2 Å². The molecule has 30 heavy (non-hydrogen) atoms. The van der Waals surface area contributed by atoms with Crippen molar-refractivity contribution in [2.24, 2.45) is 0 Å². The SMILES string of the molecule is COC(=O)c1cc(-c2cccn2S(=O)(=O)c2ccccc2)n(-c2ccc(Cl)nn2)n1. The van der Waals surface area contributed by atoms with Gasteiger partial charge in [-0.3, -0.25) is 0 Å². The number of nitrogens with zero attached hydrogens (tertiary/aromatic N) is 5. The first-order chi connectivity index (χ1) is 14.4. The Kier molecular flexibility index (Phi) is 5.10. The van der Waals surface area contributed by atoms with E-state index in [0.717, 1.165) is 3.97 Å². The number of carbonyl (C=O) groups is 1. The average Bonchev–Trinajstić information content (AvgIpc) is 3.42. The standard InChI is InChI=1S/C19H14ClN5O4S/c1-29-19(26)14-12-16(25(23-14)18-10-9-17(20)21-22-18)15-8-5-11-24(15)30(27,28)13-6-3-2-4-7-13/h2-12H,1H3. The van der Waals surface area contributed by atoms with Crippen LogP contribution < -0.4 is 0 Å². The summed E-state index contributed by atoms with van der Waals surface area (Å²) in [6.45, 7) is 0. The number of hydrogen-bond acceptors (Lipinski definition) is 7. The van der Waals surface area contributed by atoms with Crippen LogP contribution in [-0.4, -0.2) is 45.4 Å². The van der Waals surface area contributed by atoms with Gasteiger partial charge in [0, 0.05) is 12.3 Å². The quantitative estimate of drug-likeness (QED) is 0.436. The van der Waals surface area contributed by atoms with Crippen molar-refractivity contribution in [2.45, 2.75) is 4.90 Å². The first kappa shape index (κ1) is 19.8. The molecule has 0 spiro atoms. The summed E-state index contributed by atoms with van der Waals surface area (Å²) in [5.41, 5.74) is 0.559. The number of methoxy groups -OCH3 is 1. The molecule has 0 bridgehead atoms. The number of hydrogen-bond donors (Lipinski definition) is 0. The third-order valence-corrected chi connectivity index (χ3v) is 6.12. The highest BCUT2D eigenvalue weighted by molar-refractivity contribution is 7.90. The lowest BCUT2D eigenvalue weighted by Gasteiger charge is -2.11. The summed E-state index contributed by atoms with van der Waals surface area (Å²) in [6.07, 6.45) is 1.42. The Balaban J connectivity index is 1.92. The minimum Gasteiger partial charge on any atom is -0.464 e. The Bertz CT molecular complexity index is 1310. The van der Waals surface area contributed by atoms with Crippen LogP contribution in [0.15, 0.2) is 71.8 Å². The van der Waals surface area contributed by atoms with Crippen molar-refractivity contribution in [1.29, 1.82) is 0 Å². The maximum atomic E-state index is 13.2. The van der Waals surface area contributed by atoms with E-state index in [2.05, 4.69) is 15.3 Å². The smallest absolute Gasteiger partial charge is 0.358 e. The van der Waals surface area contributed by atoms with Crippen molar-refractivity contribution in [3.05, 3.63) is 77.7 Å². The molecule has 0 saturated carbocycles. The zero-order chi connectivity index (χ0) is 21.3. The molecule has 0 unspecified atom stereocenters. The van der Waals surface area contributed by atoms with E-state index in [9.17, 15) is 13.2 Å². The molecule has 0 amide bonds. The number of ether oxygens (including phenoxy) is 1. The molecule has 0 aliphatic carbocycles. The summed E-state index contributed by atoms with van der Waals surface area (Å²) in [5, 5.41) is 12.2. The molecule has 9 nitrogen and oxygen atoms in total. The molecule has 4 rings (SSSR count). The monoisotopic (exact) mass is 443 g/mol. The van der Waals surface area contributed by atoms with Crippen LogP contribution in [0.4, 0.5) is 0 Å². The average molecular weight is 444 g/mol. The van der Waals surface area contributed by atoms with Crippen molar-refractivity contribution in [1.82, 2.24) is 24.0 Å². The molecule has 3 heterocycles. The molecule has 152 valence electrons. The normalized spacial score (nSPS) is 11.4. The zero-order valence-corrected chi connectivity index (χ0v) is 17.1. The van der Waals surface area contributed by atoms with Crippen molar-refractivity contribution >= 4 is 27.6 Å². The van der Waals surface area contributed by atoms with Gasteiger partial charge in [0.1, 0.15) is 0 Å². The van der Waals surface area contributed by atoms with Crippen LogP contribution in [-0.2, 0) is 14.8 Å². The number of halogens is 1. The van der Waals surface area contributed by atoms with Crippen LogP contribution in [0.25, 0.3) is 17.2 Å². The van der Waals surface area contributed by atoms with Crippen molar-refractivity contribution in [2.75, 3.05) is 7.11 Å². The number of carbonyl (C=O) groups excluding carboxylic acids is 1. The molecule has 4 aromatic rings. The Morgan fingerprint density at radius 3 is 2.43 bits per heavy atom. The van der Waals surface area contributed by atoms with Gasteiger partial charge in [-0.05, 0) is 36.4 Å². The fourth-order valence-corrected chi connectivity index (χ4v) is 4.32. The third-order valence-electron chi connectivity index (χ3n) is 4.21. The second-order valence-electron chi connectivity index (χ2n) is 6.04. The summed E-state index contributed by atoms with van der Waals surface area (Å²) < 4.78 is 33.5. The van der Waals surface area contributed by atoms with Gasteiger partial charge >= 0.3 is 5.97 Å². The molecule has 1 aromatic carbocycles. The lowest BCUT2D eigenvalue weighted by atomic mass is 10.3. The zero-order valence-electron chi connectivity index (χ0n) is 15.5. The summed E-state index contributed by atoms with van der Waals surface area (Å²) in [6, 6.07) is 15.7. The molecule has 0 fully saturated rings. The Morgan fingerprint density at radius 1 is 1.00 bits per heavy atom. The highest BCUT2D eigenvalue weighted by Crippen LogP contribution is 2.28. The highest BCUT2D eigenvalue weighted by atomic mass is 35.5. The van der Waals surface area contributed by atoms with E-state index in [1.807, 2.05) is 0 Å². The van der Waals surface area contributed by atoms with Gasteiger partial charge < -0.3 is 4.74 Å². The van der Waals surface area contributed by atoms with Gasteiger partial charge in [0.05, 0.1) is 23.4 Å². The van der Waals surface area contributed by atoms with Crippen molar-refractivity contribution in [3.8, 4) is 17.2 Å². The molecular formula is C19H14ClN5O4S. The maximum Gasteiger partial charge on any atom is 0.358 e. The summed E-state index contributed by atoms with van der Waals surface area (Å²) in [4.78, 5) is 12.2. The third kappa shape index (κ3) is 3.46. The molecule has 0 saturated heterocycles. The van der Waals surface area contributed by atoms with Crippen LogP contribution in [0.3, 0.4) is 0 Å². The van der Waals surface area contributed by atoms with E-state index in [0.29, 0.717) is 5.69 Å². The molecule has 0 aliphatic rings. The molecule has 0 atom stereocenters. The second kappa shape index (κ2) is 7.73. The van der Waals surface area contributed by atoms with Gasteiger partial charge in [0.15, 0.2) is 16.7 Å². The van der Waals surface area contributed by atoms with E-state index in [4.69, 9.17) is 16.3 Å². The minimum atomic E-state index is -3.89. The van der Waals surface area contributed by atoms with Crippen LogP contribution in [0.1, 0.15) is 10.5 Å². The highest BCUT2D eigenvalue weighted by Gasteiger charge is 2.25. The minimum absolute atomic E-state index is 0.0193. The van der Waals surface area contributed by atoms with Gasteiger partial charge in [0.25, 0.3) is 10.0 Å². The fourth-order valence-electron chi connectivity index (χ4n) is 2.84. The predicted molar refractivity (Wildman–Crippen MR) is 108 cm³/mol.